The standard InChI is InChI=1S/C15H14O8/c1-20-14(18)12-8-3-4-9(13(12)15(19)21-2)7-23-11(17)5-10(16)22-6-8/h3-4H,5-7H2,1-2H3. The van der Waals surface area contributed by atoms with Gasteiger partial charge in [-0.05, 0) is 0 Å². The first-order chi connectivity index (χ1) is 11.0. The fourth-order valence-electron chi connectivity index (χ4n) is 2.14. The van der Waals surface area contributed by atoms with Gasteiger partial charge >= 0.3 is 23.9 Å². The molecule has 0 saturated carbocycles. The summed E-state index contributed by atoms with van der Waals surface area (Å²) < 4.78 is 19.2. The molecular weight excluding hydrogens is 308 g/mol. The van der Waals surface area contributed by atoms with E-state index in [0.29, 0.717) is 0 Å². The Hall–Kier alpha value is -2.90. The summed E-state index contributed by atoms with van der Waals surface area (Å²) in [5, 5.41) is 0. The van der Waals surface area contributed by atoms with Crippen LogP contribution in [0.5, 0.6) is 0 Å². The zero-order valence-corrected chi connectivity index (χ0v) is 12.5. The quantitative estimate of drug-likeness (QED) is 0.446. The third-order valence-electron chi connectivity index (χ3n) is 3.22. The Kier molecular flexibility index (Phi) is 4.95. The van der Waals surface area contributed by atoms with Gasteiger partial charge in [0.05, 0.1) is 25.3 Å². The summed E-state index contributed by atoms with van der Waals surface area (Å²) in [6.45, 7) is -0.582. The molecule has 23 heavy (non-hydrogen) atoms. The largest absolute Gasteiger partial charge is 0.465 e. The minimum atomic E-state index is -0.796. The van der Waals surface area contributed by atoms with Crippen molar-refractivity contribution in [2.24, 2.45) is 0 Å². The number of carbonyl (C=O) groups is 4. The number of hydrogen-bond acceptors (Lipinski definition) is 8. The van der Waals surface area contributed by atoms with Gasteiger partial charge in [-0.3, -0.25) is 9.59 Å². The minimum absolute atomic E-state index is 0.0809. The van der Waals surface area contributed by atoms with E-state index in [0.717, 1.165) is 14.2 Å². The Morgan fingerprint density at radius 1 is 0.870 bits per heavy atom. The summed E-state index contributed by atoms with van der Waals surface area (Å²) in [5.41, 5.74) is 0.373. The maximum Gasteiger partial charge on any atom is 0.339 e. The molecule has 8 heteroatoms. The molecule has 0 amide bonds. The van der Waals surface area contributed by atoms with E-state index < -0.39 is 30.3 Å². The average molecular weight is 322 g/mol. The van der Waals surface area contributed by atoms with Gasteiger partial charge in [-0.15, -0.1) is 0 Å². The van der Waals surface area contributed by atoms with E-state index in [1.165, 1.54) is 12.1 Å². The van der Waals surface area contributed by atoms with Crippen molar-refractivity contribution in [1.29, 1.82) is 0 Å². The molecule has 8 nitrogen and oxygen atoms in total. The number of benzene rings is 1. The summed E-state index contributed by atoms with van der Waals surface area (Å²) in [6.07, 6.45) is -0.554. The molecule has 0 unspecified atom stereocenters. The molecule has 0 N–H and O–H groups in total. The highest BCUT2D eigenvalue weighted by Gasteiger charge is 2.28. The molecular formula is C15H14O8. The first kappa shape index (κ1) is 16.5. The van der Waals surface area contributed by atoms with Crippen molar-refractivity contribution in [1.82, 2.24) is 0 Å². The van der Waals surface area contributed by atoms with Gasteiger partial charge in [0.1, 0.15) is 19.6 Å². The van der Waals surface area contributed by atoms with Crippen LogP contribution in [0.3, 0.4) is 0 Å². The van der Waals surface area contributed by atoms with Crippen LogP contribution >= 0.6 is 0 Å². The molecule has 2 heterocycles. The Morgan fingerprint density at radius 2 is 1.26 bits per heavy atom. The lowest BCUT2D eigenvalue weighted by molar-refractivity contribution is -0.155. The normalized spacial score (nSPS) is 14.3. The molecule has 1 aromatic carbocycles. The van der Waals surface area contributed by atoms with Gasteiger partial charge in [0.25, 0.3) is 0 Å². The van der Waals surface area contributed by atoms with E-state index in [9.17, 15) is 19.2 Å². The van der Waals surface area contributed by atoms with Gasteiger partial charge in [-0.1, -0.05) is 12.1 Å². The summed E-state index contributed by atoms with van der Waals surface area (Å²) in [6, 6.07) is 3.00. The van der Waals surface area contributed by atoms with Crippen molar-refractivity contribution < 1.29 is 38.1 Å². The number of carbonyl (C=O) groups excluding carboxylic acids is 4. The lowest BCUT2D eigenvalue weighted by atomic mass is 9.96. The SMILES string of the molecule is COC(=O)c1c2ccc(c1C(=O)OC)COC(=O)CC(=O)OC2. The highest BCUT2D eigenvalue weighted by atomic mass is 16.6. The van der Waals surface area contributed by atoms with Gasteiger partial charge in [0, 0.05) is 11.1 Å². The highest BCUT2D eigenvalue weighted by molar-refractivity contribution is 6.05. The molecule has 122 valence electrons. The van der Waals surface area contributed by atoms with E-state index in [1.54, 1.807) is 0 Å². The summed E-state index contributed by atoms with van der Waals surface area (Å²) in [5.74, 6) is -3.17. The molecule has 0 saturated heterocycles. The summed E-state index contributed by atoms with van der Waals surface area (Å²) >= 11 is 0. The first-order valence-electron chi connectivity index (χ1n) is 6.60. The number of fused-ring (bicyclic) bond motifs is 8. The molecule has 0 atom stereocenters. The molecule has 0 radical (unpaired) electrons. The van der Waals surface area contributed by atoms with E-state index in [2.05, 4.69) is 0 Å². The van der Waals surface area contributed by atoms with Crippen LogP contribution in [-0.2, 0) is 41.8 Å². The van der Waals surface area contributed by atoms with Crippen LogP contribution in [0.1, 0.15) is 38.3 Å². The maximum atomic E-state index is 12.1. The Balaban J connectivity index is 2.64. The number of hydrogen-bond donors (Lipinski definition) is 0. The van der Waals surface area contributed by atoms with Crippen molar-refractivity contribution in [2.45, 2.75) is 19.6 Å². The van der Waals surface area contributed by atoms with Gasteiger partial charge in [-0.2, -0.15) is 0 Å². The zero-order chi connectivity index (χ0) is 17.0. The van der Waals surface area contributed by atoms with Crippen molar-refractivity contribution >= 4 is 23.9 Å². The van der Waals surface area contributed by atoms with Gasteiger partial charge in [0.15, 0.2) is 0 Å². The van der Waals surface area contributed by atoms with E-state index >= 15 is 0 Å². The van der Waals surface area contributed by atoms with Gasteiger partial charge < -0.3 is 18.9 Å². The molecule has 3 rings (SSSR count). The van der Waals surface area contributed by atoms with Crippen molar-refractivity contribution in [3.63, 3.8) is 0 Å². The number of esters is 4. The predicted molar refractivity (Wildman–Crippen MR) is 73.3 cm³/mol. The predicted octanol–water partition coefficient (Wildman–Crippen LogP) is 0.750. The summed E-state index contributed by atoms with van der Waals surface area (Å²) in [4.78, 5) is 47.2. The van der Waals surface area contributed by atoms with E-state index in [-0.39, 0.29) is 35.5 Å². The number of rotatable bonds is 2. The highest BCUT2D eigenvalue weighted by Crippen LogP contribution is 2.24. The third-order valence-corrected chi connectivity index (χ3v) is 3.22. The summed E-state index contributed by atoms with van der Waals surface area (Å²) in [7, 11) is 2.31. The Morgan fingerprint density at radius 3 is 1.61 bits per heavy atom. The lowest BCUT2D eigenvalue weighted by Crippen LogP contribution is -2.18. The fraction of sp³-hybridized carbons (Fsp3) is 0.333. The molecule has 2 bridgehead atoms. The molecule has 0 aliphatic carbocycles. The van der Waals surface area contributed by atoms with Crippen LogP contribution in [0.25, 0.3) is 0 Å². The monoisotopic (exact) mass is 322 g/mol. The average Bonchev–Trinajstić information content (AvgIpc) is 2.59. The Labute approximate surface area is 131 Å². The van der Waals surface area contributed by atoms with Crippen molar-refractivity contribution in [3.05, 3.63) is 34.4 Å². The molecule has 0 spiro atoms. The first-order valence-corrected chi connectivity index (χ1v) is 6.60. The second-order valence-corrected chi connectivity index (χ2v) is 4.62. The fourth-order valence-corrected chi connectivity index (χ4v) is 2.14. The van der Waals surface area contributed by atoms with Crippen LogP contribution in [0, 0.1) is 0 Å². The molecule has 2 aliphatic rings. The molecule has 1 aromatic rings. The lowest BCUT2D eigenvalue weighted by Gasteiger charge is -2.15. The van der Waals surface area contributed by atoms with Crippen LogP contribution in [0.2, 0.25) is 0 Å². The van der Waals surface area contributed by atoms with Crippen LogP contribution in [0.15, 0.2) is 12.1 Å². The van der Waals surface area contributed by atoms with E-state index in [4.69, 9.17) is 18.9 Å². The smallest absolute Gasteiger partial charge is 0.339 e. The van der Waals surface area contributed by atoms with Gasteiger partial charge in [0.2, 0.25) is 0 Å². The second kappa shape index (κ2) is 6.91. The van der Waals surface area contributed by atoms with E-state index in [1.807, 2.05) is 0 Å². The van der Waals surface area contributed by atoms with Crippen molar-refractivity contribution in [3.8, 4) is 0 Å². The Bertz CT molecular complexity index is 619. The van der Waals surface area contributed by atoms with Crippen LogP contribution in [-0.4, -0.2) is 38.1 Å². The third kappa shape index (κ3) is 3.47. The topological polar surface area (TPSA) is 105 Å². The van der Waals surface area contributed by atoms with Crippen molar-refractivity contribution in [2.75, 3.05) is 14.2 Å². The van der Waals surface area contributed by atoms with Crippen LogP contribution in [0.4, 0.5) is 0 Å². The molecule has 0 fully saturated rings. The number of ether oxygens (including phenoxy) is 4. The molecule has 0 aromatic heterocycles. The van der Waals surface area contributed by atoms with Crippen LogP contribution < -0.4 is 0 Å². The second-order valence-electron chi connectivity index (χ2n) is 4.62. The zero-order valence-electron chi connectivity index (χ0n) is 12.5. The minimum Gasteiger partial charge on any atom is -0.465 e. The van der Waals surface area contributed by atoms with Gasteiger partial charge in [-0.25, -0.2) is 9.59 Å². The molecule has 2 aliphatic heterocycles. The maximum absolute atomic E-state index is 12.1. The number of methoxy groups -OCH3 is 2.